The number of hydrogen-bond donors (Lipinski definition) is 1. The van der Waals surface area contributed by atoms with Crippen LogP contribution < -0.4 is 16.0 Å². The van der Waals surface area contributed by atoms with Gasteiger partial charge >= 0.3 is 11.1 Å². The van der Waals surface area contributed by atoms with Gasteiger partial charge in [0.25, 0.3) is 0 Å². The van der Waals surface area contributed by atoms with Gasteiger partial charge in [0.1, 0.15) is 0 Å². The van der Waals surface area contributed by atoms with Crippen molar-refractivity contribution in [3.05, 3.63) is 51.1 Å². The molecule has 0 saturated carbocycles. The van der Waals surface area contributed by atoms with Gasteiger partial charge in [-0.3, -0.25) is 18.7 Å². The van der Waals surface area contributed by atoms with Crippen LogP contribution in [0.25, 0.3) is 0 Å². The highest BCUT2D eigenvalue weighted by Gasteiger charge is 2.30. The minimum Gasteiger partial charge on any atom is -0.376 e. The number of H-pyrrole nitrogens is 1. The largest absolute Gasteiger partial charge is 0.376 e. The second-order valence-electron chi connectivity index (χ2n) is 9.46. The van der Waals surface area contributed by atoms with Crippen molar-refractivity contribution in [1.29, 1.82) is 0 Å². The molecule has 0 radical (unpaired) electrons. The Kier molecular flexibility index (Phi) is 6.31. The summed E-state index contributed by atoms with van der Waals surface area (Å²) in [6.07, 6.45) is 9.79. The van der Waals surface area contributed by atoms with Gasteiger partial charge in [-0.25, -0.2) is 10.1 Å². The van der Waals surface area contributed by atoms with E-state index in [1.54, 1.807) is 6.20 Å². The van der Waals surface area contributed by atoms with Crippen molar-refractivity contribution in [1.82, 2.24) is 39.1 Å². The summed E-state index contributed by atoms with van der Waals surface area (Å²) in [6.45, 7) is 7.07. The molecule has 12 nitrogen and oxygen atoms in total. The molecule has 3 aromatic heterocycles. The molecule has 3 aromatic rings. The zero-order valence-corrected chi connectivity index (χ0v) is 19.6. The second kappa shape index (κ2) is 9.53. The quantitative estimate of drug-likeness (QED) is 0.506. The van der Waals surface area contributed by atoms with Crippen molar-refractivity contribution in [2.24, 2.45) is 5.92 Å². The molecule has 2 aliphatic rings. The summed E-state index contributed by atoms with van der Waals surface area (Å²) in [4.78, 5) is 30.2. The minimum atomic E-state index is -0.700. The van der Waals surface area contributed by atoms with Crippen LogP contribution in [0.1, 0.15) is 57.2 Å². The van der Waals surface area contributed by atoms with Gasteiger partial charge in [-0.1, -0.05) is 13.8 Å². The Morgan fingerprint density at radius 3 is 2.82 bits per heavy atom. The number of aromatic amines is 1. The highest BCUT2D eigenvalue weighted by atomic mass is 16.5. The lowest BCUT2D eigenvalue weighted by molar-refractivity contribution is 0.00540. The van der Waals surface area contributed by atoms with Gasteiger partial charge in [-0.15, -0.1) is 10.2 Å². The first kappa shape index (κ1) is 22.5. The molecular formula is C22H31N9O3. The first-order chi connectivity index (χ1) is 16.5. The van der Waals surface area contributed by atoms with Crippen LogP contribution in [0.15, 0.2) is 28.3 Å². The third-order valence-corrected chi connectivity index (χ3v) is 6.54. The van der Waals surface area contributed by atoms with Gasteiger partial charge in [0.15, 0.2) is 11.6 Å². The molecule has 2 atom stereocenters. The molecule has 2 aliphatic heterocycles. The lowest BCUT2D eigenvalue weighted by Crippen LogP contribution is -2.47. The fourth-order valence-electron chi connectivity index (χ4n) is 4.83. The second-order valence-corrected chi connectivity index (χ2v) is 9.46. The van der Waals surface area contributed by atoms with Crippen molar-refractivity contribution < 1.29 is 4.74 Å². The fourth-order valence-corrected chi connectivity index (χ4v) is 4.83. The van der Waals surface area contributed by atoms with Crippen molar-refractivity contribution in [3.8, 4) is 0 Å². The van der Waals surface area contributed by atoms with E-state index in [9.17, 15) is 9.59 Å². The molecule has 0 bridgehead atoms. The fraction of sp³-hybridized carbons (Fsp3) is 0.636. The van der Waals surface area contributed by atoms with Gasteiger partial charge in [-0.2, -0.15) is 5.10 Å². The molecule has 12 heteroatoms. The Balaban J connectivity index is 1.53. The Morgan fingerprint density at radius 1 is 1.21 bits per heavy atom. The summed E-state index contributed by atoms with van der Waals surface area (Å²) in [5.74, 6) is 2.55. The Bertz CT molecular complexity index is 1220. The maximum Gasteiger partial charge on any atom is 0.330 e. The molecule has 5 rings (SSSR count). The summed E-state index contributed by atoms with van der Waals surface area (Å²) >= 11 is 0. The van der Waals surface area contributed by atoms with E-state index in [-0.39, 0.29) is 12.1 Å². The molecule has 1 saturated heterocycles. The SMILES string of the molecule is CC(C)C[C@H](c1nnc(N2CCn3c(n[nH]c(=O)c3=O)C2)n1CC1CCCCO1)n1ccnc1. The monoisotopic (exact) mass is 469 g/mol. The third-order valence-electron chi connectivity index (χ3n) is 6.54. The smallest absolute Gasteiger partial charge is 0.330 e. The van der Waals surface area contributed by atoms with Gasteiger partial charge in [0.2, 0.25) is 5.95 Å². The number of nitrogens with zero attached hydrogens (tertiary/aromatic N) is 8. The van der Waals surface area contributed by atoms with E-state index < -0.39 is 11.1 Å². The first-order valence-electron chi connectivity index (χ1n) is 12.0. The van der Waals surface area contributed by atoms with E-state index in [4.69, 9.17) is 4.74 Å². The highest BCUT2D eigenvalue weighted by molar-refractivity contribution is 5.33. The maximum atomic E-state index is 12.2. The van der Waals surface area contributed by atoms with E-state index in [2.05, 4.69) is 53.3 Å². The number of nitrogens with one attached hydrogen (secondary N) is 1. The summed E-state index contributed by atoms with van der Waals surface area (Å²) in [5, 5.41) is 15.7. The Hall–Kier alpha value is -3.28. The molecular weight excluding hydrogens is 438 g/mol. The van der Waals surface area contributed by atoms with Crippen molar-refractivity contribution in [3.63, 3.8) is 0 Å². The predicted octanol–water partition coefficient (Wildman–Crippen LogP) is 0.944. The number of fused-ring (bicyclic) bond motifs is 1. The maximum absolute atomic E-state index is 12.2. The Labute approximate surface area is 196 Å². The van der Waals surface area contributed by atoms with E-state index in [0.717, 1.165) is 44.1 Å². The average Bonchev–Trinajstić information content (AvgIpc) is 3.51. The van der Waals surface area contributed by atoms with Crippen LogP contribution in [0.5, 0.6) is 0 Å². The molecule has 1 unspecified atom stereocenters. The van der Waals surface area contributed by atoms with Crippen LogP contribution in [-0.2, 0) is 24.4 Å². The van der Waals surface area contributed by atoms with Crippen molar-refractivity contribution >= 4 is 5.95 Å². The third kappa shape index (κ3) is 4.41. The zero-order valence-electron chi connectivity index (χ0n) is 19.6. The van der Waals surface area contributed by atoms with Gasteiger partial charge in [0.05, 0.1) is 31.6 Å². The van der Waals surface area contributed by atoms with E-state index in [1.165, 1.54) is 4.57 Å². The molecule has 0 aliphatic carbocycles. The van der Waals surface area contributed by atoms with Crippen molar-refractivity contribution in [2.45, 2.75) is 71.3 Å². The number of hydrogen-bond acceptors (Lipinski definition) is 8. The molecule has 5 heterocycles. The number of ether oxygens (including phenoxy) is 1. The molecule has 0 aromatic carbocycles. The molecule has 34 heavy (non-hydrogen) atoms. The van der Waals surface area contributed by atoms with E-state index in [1.807, 2.05) is 12.5 Å². The predicted molar refractivity (Wildman–Crippen MR) is 124 cm³/mol. The first-order valence-corrected chi connectivity index (χ1v) is 12.0. The highest BCUT2D eigenvalue weighted by Crippen LogP contribution is 2.29. The molecule has 182 valence electrons. The lowest BCUT2D eigenvalue weighted by atomic mass is 10.0. The topological polar surface area (TPSA) is 129 Å². The van der Waals surface area contributed by atoms with Crippen molar-refractivity contribution in [2.75, 3.05) is 18.1 Å². The van der Waals surface area contributed by atoms with Crippen LogP contribution in [0.4, 0.5) is 5.95 Å². The van der Waals surface area contributed by atoms with Crippen LogP contribution >= 0.6 is 0 Å². The summed E-state index contributed by atoms with van der Waals surface area (Å²) in [6, 6.07) is -0.0125. The summed E-state index contributed by atoms with van der Waals surface area (Å²) in [7, 11) is 0. The summed E-state index contributed by atoms with van der Waals surface area (Å²) in [5.41, 5.74) is -1.27. The van der Waals surface area contributed by atoms with Gasteiger partial charge in [0, 0.05) is 32.1 Å². The number of imidazole rings is 1. The van der Waals surface area contributed by atoms with Crippen LogP contribution in [0.3, 0.4) is 0 Å². The zero-order chi connectivity index (χ0) is 23.7. The van der Waals surface area contributed by atoms with Gasteiger partial charge < -0.3 is 14.2 Å². The number of anilines is 1. The van der Waals surface area contributed by atoms with Crippen LogP contribution in [-0.4, -0.2) is 58.3 Å². The average molecular weight is 470 g/mol. The van der Waals surface area contributed by atoms with E-state index in [0.29, 0.717) is 37.9 Å². The molecule has 1 N–H and O–H groups in total. The molecule has 0 spiro atoms. The van der Waals surface area contributed by atoms with E-state index >= 15 is 0 Å². The minimum absolute atomic E-state index is 0.0125. The number of aromatic nitrogens is 8. The van der Waals surface area contributed by atoms with Crippen LogP contribution in [0, 0.1) is 5.92 Å². The van der Waals surface area contributed by atoms with Crippen LogP contribution in [0.2, 0.25) is 0 Å². The number of rotatable bonds is 7. The normalized spacial score (nSPS) is 19.4. The lowest BCUT2D eigenvalue weighted by Gasteiger charge is -2.31. The van der Waals surface area contributed by atoms with Gasteiger partial charge in [-0.05, 0) is 31.6 Å². The Morgan fingerprint density at radius 2 is 2.09 bits per heavy atom. The standard InChI is InChI=1S/C22H31N9O3/c1-15(2)11-17(29-7-6-23-14-29)19-25-27-22(31(19)12-16-5-3-4-10-34-16)28-8-9-30-18(13-28)24-26-20(32)21(30)33/h6-7,14-17H,3-5,8-13H2,1-2H3,(H,26,32)/t16?,17-/m1/s1. The molecule has 1 fully saturated rings. The summed E-state index contributed by atoms with van der Waals surface area (Å²) < 4.78 is 11.8. The molecule has 0 amide bonds.